The SMILES string of the molecule is CCCC1(C(=O)NCC(C(C)C)N(C)C)CCNC1. The Morgan fingerprint density at radius 2 is 2.11 bits per heavy atom. The van der Waals surface area contributed by atoms with Crippen molar-refractivity contribution in [3.05, 3.63) is 0 Å². The molecule has 4 nitrogen and oxygen atoms in total. The quantitative estimate of drug-likeness (QED) is 0.735. The molecule has 19 heavy (non-hydrogen) atoms. The molecule has 2 unspecified atom stereocenters. The van der Waals surface area contributed by atoms with Crippen LogP contribution in [-0.4, -0.2) is 50.6 Å². The Balaban J connectivity index is 2.57. The van der Waals surface area contributed by atoms with E-state index >= 15 is 0 Å². The van der Waals surface area contributed by atoms with Crippen LogP contribution in [0.1, 0.15) is 40.0 Å². The number of carbonyl (C=O) groups excluding carboxylic acids is 1. The highest BCUT2D eigenvalue weighted by molar-refractivity contribution is 5.83. The fraction of sp³-hybridized carbons (Fsp3) is 0.933. The number of hydrogen-bond acceptors (Lipinski definition) is 3. The van der Waals surface area contributed by atoms with Crippen molar-refractivity contribution in [3.63, 3.8) is 0 Å². The summed E-state index contributed by atoms with van der Waals surface area (Å²) in [5.41, 5.74) is -0.164. The van der Waals surface area contributed by atoms with Gasteiger partial charge in [0.15, 0.2) is 0 Å². The lowest BCUT2D eigenvalue weighted by Gasteiger charge is -2.31. The molecule has 1 amide bonds. The van der Waals surface area contributed by atoms with Crippen molar-refractivity contribution in [2.24, 2.45) is 11.3 Å². The fourth-order valence-electron chi connectivity index (χ4n) is 3.14. The number of likely N-dealkylation sites (N-methyl/N-ethyl adjacent to an activating group) is 1. The van der Waals surface area contributed by atoms with Crippen molar-refractivity contribution < 1.29 is 4.79 Å². The zero-order valence-corrected chi connectivity index (χ0v) is 13.3. The van der Waals surface area contributed by atoms with Crippen molar-refractivity contribution in [2.45, 2.75) is 46.1 Å². The highest BCUT2D eigenvalue weighted by Gasteiger charge is 2.40. The first-order valence-corrected chi connectivity index (χ1v) is 7.58. The van der Waals surface area contributed by atoms with Crippen LogP contribution in [0.4, 0.5) is 0 Å². The highest BCUT2D eigenvalue weighted by atomic mass is 16.2. The van der Waals surface area contributed by atoms with E-state index in [0.29, 0.717) is 12.0 Å². The van der Waals surface area contributed by atoms with Crippen molar-refractivity contribution in [3.8, 4) is 0 Å². The first-order valence-electron chi connectivity index (χ1n) is 7.58. The molecule has 1 aliphatic rings. The van der Waals surface area contributed by atoms with Gasteiger partial charge in [-0.05, 0) is 39.4 Å². The Labute approximate surface area is 118 Å². The largest absolute Gasteiger partial charge is 0.354 e. The van der Waals surface area contributed by atoms with E-state index in [4.69, 9.17) is 0 Å². The molecule has 1 aliphatic heterocycles. The highest BCUT2D eigenvalue weighted by Crippen LogP contribution is 2.31. The number of rotatable bonds is 7. The van der Waals surface area contributed by atoms with Gasteiger partial charge in [0.25, 0.3) is 0 Å². The van der Waals surface area contributed by atoms with Crippen LogP contribution in [0.5, 0.6) is 0 Å². The summed E-state index contributed by atoms with van der Waals surface area (Å²) in [6, 6.07) is 0.400. The molecule has 0 saturated carbocycles. The molecule has 1 saturated heterocycles. The van der Waals surface area contributed by atoms with Crippen LogP contribution in [0.2, 0.25) is 0 Å². The molecule has 4 heteroatoms. The van der Waals surface area contributed by atoms with Gasteiger partial charge in [-0.2, -0.15) is 0 Å². The van der Waals surface area contributed by atoms with Crippen LogP contribution < -0.4 is 10.6 Å². The molecule has 2 atom stereocenters. The van der Waals surface area contributed by atoms with Gasteiger partial charge in [-0.1, -0.05) is 27.2 Å². The maximum Gasteiger partial charge on any atom is 0.227 e. The molecule has 112 valence electrons. The molecule has 1 heterocycles. The maximum atomic E-state index is 12.5. The molecule has 0 aromatic heterocycles. The molecule has 2 N–H and O–H groups in total. The van der Waals surface area contributed by atoms with Crippen molar-refractivity contribution in [1.82, 2.24) is 15.5 Å². The summed E-state index contributed by atoms with van der Waals surface area (Å²) in [5.74, 6) is 0.783. The van der Waals surface area contributed by atoms with E-state index in [0.717, 1.165) is 38.9 Å². The summed E-state index contributed by atoms with van der Waals surface area (Å²) in [7, 11) is 4.16. The maximum absolute atomic E-state index is 12.5. The molecule has 0 bridgehead atoms. The van der Waals surface area contributed by atoms with Crippen LogP contribution in [0.15, 0.2) is 0 Å². The fourth-order valence-corrected chi connectivity index (χ4v) is 3.14. The molecular formula is C15H31N3O. The number of hydrogen-bond donors (Lipinski definition) is 2. The van der Waals surface area contributed by atoms with E-state index in [2.05, 4.69) is 50.4 Å². The summed E-state index contributed by atoms with van der Waals surface area (Å²) in [5, 5.41) is 6.53. The van der Waals surface area contributed by atoms with E-state index in [-0.39, 0.29) is 11.3 Å². The summed E-state index contributed by atoms with van der Waals surface area (Å²) in [4.78, 5) is 14.7. The van der Waals surface area contributed by atoms with E-state index < -0.39 is 0 Å². The predicted molar refractivity (Wildman–Crippen MR) is 80.2 cm³/mol. The van der Waals surface area contributed by atoms with Gasteiger partial charge in [0, 0.05) is 19.1 Å². The Bertz CT molecular complexity index is 275. The second-order valence-electron chi connectivity index (χ2n) is 6.44. The average molecular weight is 269 g/mol. The van der Waals surface area contributed by atoms with E-state index in [9.17, 15) is 4.79 Å². The lowest BCUT2D eigenvalue weighted by Crippen LogP contribution is -2.49. The number of nitrogens with one attached hydrogen (secondary N) is 2. The van der Waals surface area contributed by atoms with Crippen molar-refractivity contribution in [2.75, 3.05) is 33.7 Å². The zero-order valence-electron chi connectivity index (χ0n) is 13.3. The summed E-state index contributed by atoms with van der Waals surface area (Å²) in [6.07, 6.45) is 3.03. The van der Waals surface area contributed by atoms with Gasteiger partial charge in [0.05, 0.1) is 5.41 Å². The zero-order chi connectivity index (χ0) is 14.5. The van der Waals surface area contributed by atoms with Gasteiger partial charge in [0.1, 0.15) is 0 Å². The molecule has 0 radical (unpaired) electrons. The summed E-state index contributed by atoms with van der Waals surface area (Å²) < 4.78 is 0. The van der Waals surface area contributed by atoms with Gasteiger partial charge in [-0.25, -0.2) is 0 Å². The minimum absolute atomic E-state index is 0.164. The summed E-state index contributed by atoms with van der Waals surface area (Å²) >= 11 is 0. The molecule has 1 fully saturated rings. The van der Waals surface area contributed by atoms with Gasteiger partial charge in [-0.15, -0.1) is 0 Å². The Morgan fingerprint density at radius 3 is 2.53 bits per heavy atom. The van der Waals surface area contributed by atoms with Gasteiger partial charge in [0.2, 0.25) is 5.91 Å². The van der Waals surface area contributed by atoms with Crippen LogP contribution in [0.25, 0.3) is 0 Å². The third-order valence-electron chi connectivity index (χ3n) is 4.36. The van der Waals surface area contributed by atoms with Crippen LogP contribution in [0, 0.1) is 11.3 Å². The van der Waals surface area contributed by atoms with E-state index in [1.165, 1.54) is 0 Å². The average Bonchev–Trinajstić information content (AvgIpc) is 2.78. The monoisotopic (exact) mass is 269 g/mol. The lowest BCUT2D eigenvalue weighted by molar-refractivity contribution is -0.130. The van der Waals surface area contributed by atoms with Gasteiger partial charge >= 0.3 is 0 Å². The number of nitrogens with zero attached hydrogens (tertiary/aromatic N) is 1. The normalized spacial score (nSPS) is 25.0. The van der Waals surface area contributed by atoms with Gasteiger partial charge < -0.3 is 15.5 Å². The van der Waals surface area contributed by atoms with Crippen molar-refractivity contribution >= 4 is 5.91 Å². The van der Waals surface area contributed by atoms with E-state index in [1.54, 1.807) is 0 Å². The first kappa shape index (κ1) is 16.4. The Kier molecular flexibility index (Phi) is 6.27. The smallest absolute Gasteiger partial charge is 0.227 e. The third kappa shape index (κ3) is 4.18. The molecule has 0 aromatic rings. The molecule has 1 rings (SSSR count). The second-order valence-corrected chi connectivity index (χ2v) is 6.44. The van der Waals surface area contributed by atoms with Crippen LogP contribution in [-0.2, 0) is 4.79 Å². The van der Waals surface area contributed by atoms with Crippen LogP contribution >= 0.6 is 0 Å². The standard InChI is InChI=1S/C15H31N3O/c1-6-7-15(8-9-16-11-15)14(19)17-10-13(12(2)3)18(4)5/h12-13,16H,6-11H2,1-5H3,(H,17,19). The Morgan fingerprint density at radius 1 is 1.42 bits per heavy atom. The lowest BCUT2D eigenvalue weighted by atomic mass is 9.81. The molecule has 0 spiro atoms. The summed E-state index contributed by atoms with van der Waals surface area (Å²) in [6.45, 7) is 9.11. The van der Waals surface area contributed by atoms with Crippen molar-refractivity contribution in [1.29, 1.82) is 0 Å². The first-order chi connectivity index (χ1) is 8.93. The topological polar surface area (TPSA) is 44.4 Å². The van der Waals surface area contributed by atoms with E-state index in [1.807, 2.05) is 0 Å². The predicted octanol–water partition coefficient (Wildman–Crippen LogP) is 1.47. The molecule has 0 aliphatic carbocycles. The minimum Gasteiger partial charge on any atom is -0.354 e. The minimum atomic E-state index is -0.164. The number of carbonyl (C=O) groups is 1. The molecular weight excluding hydrogens is 238 g/mol. The Hall–Kier alpha value is -0.610. The van der Waals surface area contributed by atoms with Gasteiger partial charge in [-0.3, -0.25) is 4.79 Å². The number of amides is 1. The second kappa shape index (κ2) is 7.25. The molecule has 0 aromatic carbocycles. The third-order valence-corrected chi connectivity index (χ3v) is 4.36. The van der Waals surface area contributed by atoms with Crippen LogP contribution in [0.3, 0.4) is 0 Å².